The number of primary amides is 1. The van der Waals surface area contributed by atoms with Gasteiger partial charge < -0.3 is 10.2 Å². The Hall–Kier alpha value is -3.24. The number of benzene rings is 2. The molecule has 0 saturated carbocycles. The Morgan fingerprint density at radius 3 is 2.30 bits per heavy atom. The summed E-state index contributed by atoms with van der Waals surface area (Å²) < 4.78 is 51.8. The third-order valence-electron chi connectivity index (χ3n) is 3.68. The lowest BCUT2D eigenvalue weighted by molar-refractivity contribution is 0.0995. The van der Waals surface area contributed by atoms with Crippen LogP contribution in [0.1, 0.15) is 16.1 Å². The predicted octanol–water partition coefficient (Wildman–Crippen LogP) is 2.39. The Morgan fingerprint density at radius 1 is 1.15 bits per heavy atom. The number of halogens is 1. The Bertz CT molecular complexity index is 1060. The molecule has 3 rings (SSSR count). The average Bonchev–Trinajstić information content (AvgIpc) is 3.11. The zero-order valence-electron chi connectivity index (χ0n) is 13.7. The number of aromatic nitrogens is 1. The van der Waals surface area contributed by atoms with Gasteiger partial charge in [-0.1, -0.05) is 12.1 Å². The molecular formula is C17H14FN3O5S. The van der Waals surface area contributed by atoms with Crippen molar-refractivity contribution in [3.8, 4) is 11.5 Å². The van der Waals surface area contributed by atoms with Crippen LogP contribution < -0.4 is 10.0 Å². The van der Waals surface area contributed by atoms with Gasteiger partial charge in [-0.3, -0.25) is 9.35 Å². The van der Waals surface area contributed by atoms with E-state index >= 15 is 0 Å². The highest BCUT2D eigenvalue weighted by Gasteiger charge is 2.20. The molecule has 0 saturated heterocycles. The summed E-state index contributed by atoms with van der Waals surface area (Å²) in [7, 11) is -4.57. The number of hydrogen-bond acceptors (Lipinski definition) is 5. The smallest absolute Gasteiger partial charge is 0.360 e. The topological polar surface area (TPSA) is 127 Å². The molecule has 0 radical (unpaired) electrons. The lowest BCUT2D eigenvalue weighted by atomic mass is 10.1. The van der Waals surface area contributed by atoms with E-state index in [1.54, 1.807) is 24.3 Å². The fraction of sp³-hybridized carbons (Fsp3) is 0.0588. The number of nitrogens with two attached hydrogens (primary N) is 1. The number of nitrogens with zero attached hydrogens (tertiary/aromatic N) is 2. The van der Waals surface area contributed by atoms with Gasteiger partial charge in [-0.25, -0.2) is 13.7 Å². The Kier molecular flexibility index (Phi) is 4.93. The van der Waals surface area contributed by atoms with Gasteiger partial charge in [0, 0.05) is 5.56 Å². The molecule has 3 N–H and O–H groups in total. The monoisotopic (exact) mass is 391 g/mol. The van der Waals surface area contributed by atoms with Crippen LogP contribution in [-0.4, -0.2) is 23.9 Å². The number of carbonyl (C=O) groups excluding carboxylic acids is 1. The van der Waals surface area contributed by atoms with Gasteiger partial charge in [-0.15, -0.1) is 0 Å². The van der Waals surface area contributed by atoms with Crippen LogP contribution in [0.25, 0.3) is 11.5 Å². The number of rotatable bonds is 6. The molecule has 10 heteroatoms. The number of carbonyl (C=O) groups is 1. The van der Waals surface area contributed by atoms with Crippen molar-refractivity contribution in [2.75, 3.05) is 4.31 Å². The normalized spacial score (nSPS) is 11.3. The van der Waals surface area contributed by atoms with Gasteiger partial charge in [0.05, 0.1) is 12.2 Å². The van der Waals surface area contributed by atoms with E-state index in [1.165, 1.54) is 12.1 Å². The molecule has 0 aliphatic heterocycles. The lowest BCUT2D eigenvalue weighted by Gasteiger charge is -2.21. The SMILES string of the molecule is NC(=O)c1coc(-c2ccc(CN(c3ccc(F)cc3)S(=O)(=O)O)cc2)n1. The van der Waals surface area contributed by atoms with Crippen molar-refractivity contribution in [3.05, 3.63) is 71.9 Å². The van der Waals surface area contributed by atoms with Crippen molar-refractivity contribution in [2.24, 2.45) is 5.73 Å². The summed E-state index contributed by atoms with van der Waals surface area (Å²) >= 11 is 0. The zero-order chi connectivity index (χ0) is 19.6. The molecular weight excluding hydrogens is 377 g/mol. The molecule has 0 aliphatic rings. The Balaban J connectivity index is 1.84. The minimum absolute atomic E-state index is 0.0112. The first-order chi connectivity index (χ1) is 12.7. The first-order valence-electron chi connectivity index (χ1n) is 7.59. The molecule has 1 amide bonds. The van der Waals surface area contributed by atoms with E-state index < -0.39 is 22.0 Å². The molecule has 8 nitrogen and oxygen atoms in total. The van der Waals surface area contributed by atoms with Crippen LogP contribution in [0, 0.1) is 5.82 Å². The zero-order valence-corrected chi connectivity index (χ0v) is 14.6. The maximum atomic E-state index is 13.1. The van der Waals surface area contributed by atoms with Gasteiger partial charge in [-0.2, -0.15) is 8.42 Å². The van der Waals surface area contributed by atoms with Crippen LogP contribution in [0.3, 0.4) is 0 Å². The fourth-order valence-corrected chi connectivity index (χ4v) is 3.05. The van der Waals surface area contributed by atoms with E-state index in [0.717, 1.165) is 22.7 Å². The van der Waals surface area contributed by atoms with Crippen molar-refractivity contribution in [3.63, 3.8) is 0 Å². The summed E-state index contributed by atoms with van der Waals surface area (Å²) in [5.41, 5.74) is 6.31. The van der Waals surface area contributed by atoms with Gasteiger partial charge in [0.25, 0.3) is 5.91 Å². The summed E-state index contributed by atoms with van der Waals surface area (Å²) in [4.78, 5) is 15.0. The minimum atomic E-state index is -4.57. The second kappa shape index (κ2) is 7.17. The second-order valence-electron chi connectivity index (χ2n) is 5.56. The number of anilines is 1. The van der Waals surface area contributed by atoms with Crippen molar-refractivity contribution < 1.29 is 26.6 Å². The molecule has 0 unspecified atom stereocenters. The Morgan fingerprint density at radius 2 is 1.78 bits per heavy atom. The van der Waals surface area contributed by atoms with E-state index in [-0.39, 0.29) is 23.8 Å². The van der Waals surface area contributed by atoms with Gasteiger partial charge in [-0.05, 0) is 42.0 Å². The molecule has 1 aromatic heterocycles. The van der Waals surface area contributed by atoms with E-state index in [2.05, 4.69) is 4.98 Å². The van der Waals surface area contributed by atoms with Crippen LogP contribution in [0.15, 0.2) is 59.2 Å². The molecule has 0 atom stereocenters. The van der Waals surface area contributed by atoms with E-state index in [0.29, 0.717) is 11.1 Å². The average molecular weight is 391 g/mol. The van der Waals surface area contributed by atoms with Crippen LogP contribution in [0.5, 0.6) is 0 Å². The summed E-state index contributed by atoms with van der Waals surface area (Å²) in [5.74, 6) is -1.06. The highest BCUT2D eigenvalue weighted by molar-refractivity contribution is 7.87. The molecule has 3 aromatic rings. The van der Waals surface area contributed by atoms with Crippen LogP contribution >= 0.6 is 0 Å². The highest BCUT2D eigenvalue weighted by Crippen LogP contribution is 2.23. The van der Waals surface area contributed by atoms with E-state index in [4.69, 9.17) is 10.2 Å². The third kappa shape index (κ3) is 4.30. The minimum Gasteiger partial charge on any atom is -0.444 e. The number of hydrogen-bond donors (Lipinski definition) is 2. The summed E-state index contributed by atoms with van der Waals surface area (Å²) in [6.07, 6.45) is 1.14. The fourth-order valence-electron chi connectivity index (χ4n) is 2.35. The molecule has 0 bridgehead atoms. The summed E-state index contributed by atoms with van der Waals surface area (Å²) in [5, 5.41) is 0. The predicted molar refractivity (Wildman–Crippen MR) is 94.6 cm³/mol. The van der Waals surface area contributed by atoms with E-state index in [1.807, 2.05) is 0 Å². The van der Waals surface area contributed by atoms with Crippen LogP contribution in [0.4, 0.5) is 10.1 Å². The van der Waals surface area contributed by atoms with Crippen LogP contribution in [0.2, 0.25) is 0 Å². The summed E-state index contributed by atoms with van der Waals surface area (Å²) in [6, 6.07) is 11.1. The molecule has 0 aliphatic carbocycles. The Labute approximate surface area is 153 Å². The van der Waals surface area contributed by atoms with Crippen molar-refractivity contribution in [2.45, 2.75) is 6.54 Å². The lowest BCUT2D eigenvalue weighted by Crippen LogP contribution is -2.29. The van der Waals surface area contributed by atoms with Crippen molar-refractivity contribution in [1.82, 2.24) is 4.98 Å². The number of oxazole rings is 1. The first-order valence-corrected chi connectivity index (χ1v) is 8.99. The molecule has 140 valence electrons. The standard InChI is InChI=1S/C17H14FN3O5S/c18-13-5-7-14(8-6-13)21(27(23,24)25)9-11-1-3-12(4-2-11)17-20-15(10-26-17)16(19)22/h1-8,10H,9H2,(H2,19,22)(H,23,24,25). The quantitative estimate of drug-likeness (QED) is 0.621. The molecule has 1 heterocycles. The van der Waals surface area contributed by atoms with Gasteiger partial charge in [0.15, 0.2) is 5.69 Å². The molecule has 2 aromatic carbocycles. The highest BCUT2D eigenvalue weighted by atomic mass is 32.2. The van der Waals surface area contributed by atoms with Crippen LogP contribution in [-0.2, 0) is 16.8 Å². The van der Waals surface area contributed by atoms with Crippen molar-refractivity contribution in [1.29, 1.82) is 0 Å². The third-order valence-corrected chi connectivity index (χ3v) is 4.57. The first kappa shape index (κ1) is 18.5. The van der Waals surface area contributed by atoms with Gasteiger partial charge in [0.2, 0.25) is 5.89 Å². The maximum Gasteiger partial charge on any atom is 0.360 e. The van der Waals surface area contributed by atoms with Crippen molar-refractivity contribution >= 4 is 21.9 Å². The van der Waals surface area contributed by atoms with Gasteiger partial charge >= 0.3 is 10.3 Å². The number of amides is 1. The summed E-state index contributed by atoms with van der Waals surface area (Å²) in [6.45, 7) is -0.178. The van der Waals surface area contributed by atoms with Gasteiger partial charge in [0.1, 0.15) is 12.1 Å². The largest absolute Gasteiger partial charge is 0.444 e. The molecule has 27 heavy (non-hydrogen) atoms. The maximum absolute atomic E-state index is 13.1. The molecule has 0 spiro atoms. The molecule has 0 fully saturated rings. The van der Waals surface area contributed by atoms with E-state index in [9.17, 15) is 22.2 Å². The second-order valence-corrected chi connectivity index (χ2v) is 6.90.